The molecule has 0 rings (SSSR count). The smallest absolute Gasteiger partial charge is 0.449 e. The standard InChI is InChI=1S/C21H28O12/c1-11(2)20(30-16(26)7-12(3)22)21(31-17(27)8-13(4)23,32-18(28)9-14(5)24)33-19(29)10-15(6)25/h11,20H,7-10H2,1-6H3. The summed E-state index contributed by atoms with van der Waals surface area (Å²) in [5.74, 6) is -11.6. The highest BCUT2D eigenvalue weighted by Crippen LogP contribution is 2.31. The van der Waals surface area contributed by atoms with E-state index in [4.69, 9.17) is 18.9 Å². The van der Waals surface area contributed by atoms with Crippen molar-refractivity contribution in [1.29, 1.82) is 0 Å². The van der Waals surface area contributed by atoms with Crippen LogP contribution in [0.2, 0.25) is 0 Å². The molecule has 0 fully saturated rings. The van der Waals surface area contributed by atoms with Crippen molar-refractivity contribution in [3.8, 4) is 0 Å². The Labute approximate surface area is 190 Å². The number of carbonyl (C=O) groups is 8. The molecule has 0 aromatic heterocycles. The largest absolute Gasteiger partial charge is 0.463 e. The second-order valence-electron chi connectivity index (χ2n) is 7.70. The molecule has 0 spiro atoms. The van der Waals surface area contributed by atoms with Gasteiger partial charge >= 0.3 is 29.9 Å². The molecule has 33 heavy (non-hydrogen) atoms. The van der Waals surface area contributed by atoms with Crippen LogP contribution in [0.5, 0.6) is 0 Å². The fourth-order valence-corrected chi connectivity index (χ4v) is 2.43. The maximum Gasteiger partial charge on any atom is 0.463 e. The highest BCUT2D eigenvalue weighted by atomic mass is 16.9. The molecule has 184 valence electrons. The Balaban J connectivity index is 6.55. The summed E-state index contributed by atoms with van der Waals surface area (Å²) in [4.78, 5) is 94.4. The molecule has 0 aromatic carbocycles. The van der Waals surface area contributed by atoms with E-state index in [9.17, 15) is 38.4 Å². The topological polar surface area (TPSA) is 173 Å². The number of ketones is 4. The minimum Gasteiger partial charge on any atom is -0.449 e. The van der Waals surface area contributed by atoms with Crippen LogP contribution < -0.4 is 0 Å². The van der Waals surface area contributed by atoms with Gasteiger partial charge in [0.2, 0.25) is 6.10 Å². The molecule has 12 heteroatoms. The second kappa shape index (κ2) is 13.2. The first-order chi connectivity index (χ1) is 15.1. The molecule has 0 bridgehead atoms. The molecule has 0 amide bonds. The highest BCUT2D eigenvalue weighted by molar-refractivity contribution is 5.97. The van der Waals surface area contributed by atoms with Crippen molar-refractivity contribution in [1.82, 2.24) is 0 Å². The summed E-state index contributed by atoms with van der Waals surface area (Å²) in [5.41, 5.74) is 0. The molecular weight excluding hydrogens is 444 g/mol. The maximum absolute atomic E-state index is 12.3. The molecule has 0 aromatic rings. The Bertz CT molecular complexity index is 749. The van der Waals surface area contributed by atoms with E-state index in [1.54, 1.807) is 0 Å². The number of ether oxygens (including phenoxy) is 4. The van der Waals surface area contributed by atoms with E-state index in [2.05, 4.69) is 0 Å². The molecule has 0 heterocycles. The van der Waals surface area contributed by atoms with E-state index in [-0.39, 0.29) is 0 Å². The average molecular weight is 472 g/mol. The van der Waals surface area contributed by atoms with Crippen molar-refractivity contribution >= 4 is 47.0 Å². The van der Waals surface area contributed by atoms with Gasteiger partial charge in [0, 0.05) is 5.92 Å². The first-order valence-corrected chi connectivity index (χ1v) is 9.90. The van der Waals surface area contributed by atoms with Crippen LogP contribution in [0.15, 0.2) is 0 Å². The van der Waals surface area contributed by atoms with Crippen LogP contribution >= 0.6 is 0 Å². The van der Waals surface area contributed by atoms with Crippen LogP contribution in [0.1, 0.15) is 67.2 Å². The van der Waals surface area contributed by atoms with Gasteiger partial charge in [-0.05, 0) is 27.7 Å². The Morgan fingerprint density at radius 3 is 1.06 bits per heavy atom. The zero-order chi connectivity index (χ0) is 25.9. The molecule has 0 aliphatic rings. The molecule has 0 radical (unpaired) electrons. The van der Waals surface area contributed by atoms with Crippen molar-refractivity contribution in [2.24, 2.45) is 5.92 Å². The summed E-state index contributed by atoms with van der Waals surface area (Å²) in [6, 6.07) is 0. The summed E-state index contributed by atoms with van der Waals surface area (Å²) in [6.07, 6.45) is -5.02. The van der Waals surface area contributed by atoms with E-state index in [0.29, 0.717) is 0 Å². The molecule has 1 unspecified atom stereocenters. The highest BCUT2D eigenvalue weighted by Gasteiger charge is 2.55. The molecule has 12 nitrogen and oxygen atoms in total. The van der Waals surface area contributed by atoms with E-state index >= 15 is 0 Å². The number of hydrogen-bond acceptors (Lipinski definition) is 12. The van der Waals surface area contributed by atoms with Gasteiger partial charge in [0.25, 0.3) is 0 Å². The number of esters is 4. The number of carbonyl (C=O) groups excluding carboxylic acids is 8. The Kier molecular flexibility index (Phi) is 11.8. The zero-order valence-corrected chi connectivity index (χ0v) is 19.4. The molecular formula is C21H28O12. The summed E-state index contributed by atoms with van der Waals surface area (Å²) < 4.78 is 20.3. The van der Waals surface area contributed by atoms with Crippen LogP contribution in [0.3, 0.4) is 0 Å². The van der Waals surface area contributed by atoms with Gasteiger partial charge < -0.3 is 18.9 Å². The van der Waals surface area contributed by atoms with E-state index in [1.807, 2.05) is 0 Å². The molecule has 0 aliphatic heterocycles. The van der Waals surface area contributed by atoms with Gasteiger partial charge in [0.15, 0.2) is 0 Å². The Hall–Kier alpha value is -3.44. The lowest BCUT2D eigenvalue weighted by Gasteiger charge is -2.38. The SMILES string of the molecule is CC(=O)CC(=O)OC(C(C)C)C(OC(=O)CC(C)=O)(OC(=O)CC(C)=O)OC(=O)CC(C)=O. The number of Topliss-reactive ketones (excluding diaryl/α,β-unsaturated/α-hetero) is 4. The third kappa shape index (κ3) is 11.7. The van der Waals surface area contributed by atoms with Crippen LogP contribution in [-0.2, 0) is 57.3 Å². The van der Waals surface area contributed by atoms with E-state index < -0.39 is 90.7 Å². The first kappa shape index (κ1) is 29.6. The predicted molar refractivity (Wildman–Crippen MR) is 107 cm³/mol. The van der Waals surface area contributed by atoms with Crippen LogP contribution in [0.25, 0.3) is 0 Å². The third-order valence-corrected chi connectivity index (χ3v) is 3.55. The normalized spacial score (nSPS) is 11.7. The van der Waals surface area contributed by atoms with Crippen molar-refractivity contribution in [2.75, 3.05) is 0 Å². The van der Waals surface area contributed by atoms with Gasteiger partial charge in [-0.1, -0.05) is 13.8 Å². The van der Waals surface area contributed by atoms with Crippen molar-refractivity contribution in [3.05, 3.63) is 0 Å². The van der Waals surface area contributed by atoms with Gasteiger partial charge in [-0.15, -0.1) is 0 Å². The minimum atomic E-state index is -3.08. The van der Waals surface area contributed by atoms with Crippen molar-refractivity contribution < 1.29 is 57.3 Å². The Morgan fingerprint density at radius 1 is 0.545 bits per heavy atom. The quantitative estimate of drug-likeness (QED) is 0.197. The summed E-state index contributed by atoms with van der Waals surface area (Å²) in [5, 5.41) is 0. The monoisotopic (exact) mass is 472 g/mol. The second-order valence-corrected chi connectivity index (χ2v) is 7.70. The number of rotatable bonds is 14. The van der Waals surface area contributed by atoms with Gasteiger partial charge in [-0.3, -0.25) is 38.4 Å². The fourth-order valence-electron chi connectivity index (χ4n) is 2.43. The molecule has 0 saturated carbocycles. The molecule has 0 aliphatic carbocycles. The summed E-state index contributed by atoms with van der Waals surface area (Å²) >= 11 is 0. The lowest BCUT2D eigenvalue weighted by Crippen LogP contribution is -2.57. The average Bonchev–Trinajstić information content (AvgIpc) is 2.55. The van der Waals surface area contributed by atoms with E-state index in [1.165, 1.54) is 13.8 Å². The molecule has 0 saturated heterocycles. The summed E-state index contributed by atoms with van der Waals surface area (Å²) in [6.45, 7) is 7.09. The maximum atomic E-state index is 12.3. The van der Waals surface area contributed by atoms with Crippen LogP contribution in [0, 0.1) is 5.92 Å². The summed E-state index contributed by atoms with van der Waals surface area (Å²) in [7, 11) is 0. The van der Waals surface area contributed by atoms with Crippen LogP contribution in [-0.4, -0.2) is 59.1 Å². The molecule has 1 atom stereocenters. The lowest BCUT2D eigenvalue weighted by atomic mass is 10.0. The van der Waals surface area contributed by atoms with Crippen molar-refractivity contribution in [3.63, 3.8) is 0 Å². The fraction of sp³-hybridized carbons (Fsp3) is 0.619. The van der Waals surface area contributed by atoms with Gasteiger partial charge in [-0.25, -0.2) is 0 Å². The third-order valence-electron chi connectivity index (χ3n) is 3.55. The molecule has 0 N–H and O–H groups in total. The van der Waals surface area contributed by atoms with Crippen LogP contribution in [0.4, 0.5) is 0 Å². The zero-order valence-electron chi connectivity index (χ0n) is 19.4. The predicted octanol–water partition coefficient (Wildman–Crippen LogP) is 0.754. The lowest BCUT2D eigenvalue weighted by molar-refractivity contribution is -0.368. The van der Waals surface area contributed by atoms with Crippen molar-refractivity contribution in [2.45, 2.75) is 79.3 Å². The first-order valence-electron chi connectivity index (χ1n) is 9.90. The van der Waals surface area contributed by atoms with E-state index in [0.717, 1.165) is 27.7 Å². The Morgan fingerprint density at radius 2 is 0.818 bits per heavy atom. The minimum absolute atomic E-state index is 0.580. The van der Waals surface area contributed by atoms with Gasteiger partial charge in [0.1, 0.15) is 48.8 Å². The van der Waals surface area contributed by atoms with Gasteiger partial charge in [-0.2, -0.15) is 0 Å². The van der Waals surface area contributed by atoms with Gasteiger partial charge in [0.05, 0.1) is 0 Å². The number of hydrogen-bond donors (Lipinski definition) is 0.